The number of ether oxygens (including phenoxy) is 2. The van der Waals surface area contributed by atoms with E-state index < -0.39 is 5.97 Å². The summed E-state index contributed by atoms with van der Waals surface area (Å²) in [7, 11) is 0. The van der Waals surface area contributed by atoms with Crippen LogP contribution in [-0.4, -0.2) is 49.8 Å². The van der Waals surface area contributed by atoms with E-state index in [-0.39, 0.29) is 11.7 Å². The molecule has 0 saturated carbocycles. The summed E-state index contributed by atoms with van der Waals surface area (Å²) in [6.45, 7) is 4.10. The highest BCUT2D eigenvalue weighted by Gasteiger charge is 2.26. The van der Waals surface area contributed by atoms with Crippen LogP contribution in [0.4, 0.5) is 0 Å². The molecule has 0 spiro atoms. The first-order chi connectivity index (χ1) is 19.9. The van der Waals surface area contributed by atoms with Crippen molar-refractivity contribution in [3.8, 4) is 5.75 Å². The highest BCUT2D eigenvalue weighted by atomic mass is 35.5. The van der Waals surface area contributed by atoms with E-state index >= 15 is 0 Å². The predicted octanol–water partition coefficient (Wildman–Crippen LogP) is 6.45. The number of H-pyrrole nitrogens is 1. The molecule has 2 aliphatic heterocycles. The van der Waals surface area contributed by atoms with Crippen LogP contribution in [-0.2, 0) is 37.4 Å². The number of carboxylic acid groups (broad SMARTS) is 1. The first kappa shape index (κ1) is 26.3. The van der Waals surface area contributed by atoms with Crippen LogP contribution in [0, 0.1) is 0 Å². The average molecular weight is 591 g/mol. The van der Waals surface area contributed by atoms with E-state index in [0.29, 0.717) is 29.7 Å². The van der Waals surface area contributed by atoms with E-state index in [1.165, 1.54) is 11.3 Å². The van der Waals surface area contributed by atoms with Crippen molar-refractivity contribution in [3.05, 3.63) is 92.9 Å². The Morgan fingerprint density at radius 3 is 2.80 bits per heavy atom. The second-order valence-electron chi connectivity index (χ2n) is 10.7. The third-order valence-corrected chi connectivity index (χ3v) is 8.64. The van der Waals surface area contributed by atoms with Crippen molar-refractivity contribution < 1.29 is 19.4 Å². The zero-order chi connectivity index (χ0) is 28.1. The van der Waals surface area contributed by atoms with E-state index in [4.69, 9.17) is 37.7 Å². The number of aromatic nitrogens is 3. The summed E-state index contributed by atoms with van der Waals surface area (Å²) in [4.78, 5) is 22.6. The lowest BCUT2D eigenvalue weighted by molar-refractivity contribution is -0.0592. The van der Waals surface area contributed by atoms with Gasteiger partial charge in [0.25, 0.3) is 0 Å². The molecule has 210 valence electrons. The zero-order valence-corrected chi connectivity index (χ0v) is 23.7. The highest BCUT2D eigenvalue weighted by Crippen LogP contribution is 2.32. The molecule has 3 aromatic carbocycles. The fraction of sp³-hybridized carbons (Fsp3) is 0.290. The quantitative estimate of drug-likeness (QED) is 0.216. The van der Waals surface area contributed by atoms with Crippen molar-refractivity contribution >= 4 is 51.1 Å². The number of nitrogens with zero attached hydrogens (tertiary/aromatic N) is 3. The molecule has 0 bridgehead atoms. The van der Waals surface area contributed by atoms with Gasteiger partial charge in [-0.3, -0.25) is 4.90 Å². The smallest absolute Gasteiger partial charge is 0.335 e. The van der Waals surface area contributed by atoms with Gasteiger partial charge in [0.2, 0.25) is 0 Å². The third kappa shape index (κ3) is 5.17. The van der Waals surface area contributed by atoms with E-state index in [1.807, 2.05) is 18.2 Å². The Balaban J connectivity index is 1.14. The molecule has 0 radical (unpaired) electrons. The number of rotatable bonds is 8. The molecule has 2 aromatic heterocycles. The third-order valence-electron chi connectivity index (χ3n) is 8.05. The van der Waals surface area contributed by atoms with Crippen LogP contribution in [0.1, 0.15) is 39.4 Å². The lowest BCUT2D eigenvalue weighted by atomic mass is 10.0. The highest BCUT2D eigenvalue weighted by molar-refractivity contribution is 6.35. The molecular formula is C31H28Cl2N4O4. The molecule has 1 fully saturated rings. The number of carbonyl (C=O) groups is 1. The van der Waals surface area contributed by atoms with E-state index in [9.17, 15) is 9.90 Å². The molecule has 7 rings (SSSR count). The first-order valence-electron chi connectivity index (χ1n) is 13.7. The van der Waals surface area contributed by atoms with Crippen LogP contribution in [0.2, 0.25) is 10.0 Å². The van der Waals surface area contributed by atoms with Crippen molar-refractivity contribution in [2.45, 2.75) is 45.2 Å². The van der Waals surface area contributed by atoms with Gasteiger partial charge in [-0.15, -0.1) is 0 Å². The first-order valence-corrected chi connectivity index (χ1v) is 14.4. The number of nitrogens with one attached hydrogen (secondary N) is 1. The Morgan fingerprint density at radius 1 is 1.15 bits per heavy atom. The molecule has 0 amide bonds. The molecule has 0 aliphatic carbocycles. The van der Waals surface area contributed by atoms with Crippen LogP contribution >= 0.6 is 23.2 Å². The van der Waals surface area contributed by atoms with Gasteiger partial charge in [-0.25, -0.2) is 9.78 Å². The Morgan fingerprint density at radius 2 is 2.02 bits per heavy atom. The second kappa shape index (κ2) is 10.7. The van der Waals surface area contributed by atoms with Crippen molar-refractivity contribution in [1.29, 1.82) is 0 Å². The van der Waals surface area contributed by atoms with Gasteiger partial charge in [-0.1, -0.05) is 29.3 Å². The number of aromatic amines is 1. The molecule has 1 atom stereocenters. The van der Waals surface area contributed by atoms with E-state index in [2.05, 4.69) is 26.6 Å². The lowest BCUT2D eigenvalue weighted by Crippen LogP contribution is -2.34. The Bertz CT molecular complexity index is 1790. The van der Waals surface area contributed by atoms with Gasteiger partial charge in [-0.2, -0.15) is 0 Å². The fourth-order valence-corrected chi connectivity index (χ4v) is 6.20. The number of fused-ring (bicyclic) bond motifs is 4. The summed E-state index contributed by atoms with van der Waals surface area (Å²) in [6.07, 6.45) is 2.02. The Hall–Kier alpha value is -3.56. The molecule has 41 heavy (non-hydrogen) atoms. The minimum atomic E-state index is -0.941. The van der Waals surface area contributed by atoms with Gasteiger partial charge in [0.1, 0.15) is 18.2 Å². The molecule has 2 N–H and O–H groups in total. The van der Waals surface area contributed by atoms with Crippen LogP contribution in [0.5, 0.6) is 5.75 Å². The summed E-state index contributed by atoms with van der Waals surface area (Å²) in [6, 6.07) is 16.7. The molecule has 2 aliphatic rings. The number of benzene rings is 3. The van der Waals surface area contributed by atoms with Gasteiger partial charge in [-0.05, 0) is 60.5 Å². The SMILES string of the molecule is O=C(O)c1ccc2nc(CN3CCc4[nH]c5ccc(OCc6ccc(Cl)cc6Cl)cc5c4C3)n(C[C@@H]3CCO3)c2c1. The van der Waals surface area contributed by atoms with Gasteiger partial charge < -0.3 is 24.1 Å². The van der Waals surface area contributed by atoms with E-state index in [0.717, 1.165) is 71.6 Å². The minimum Gasteiger partial charge on any atom is -0.489 e. The monoisotopic (exact) mass is 590 g/mol. The summed E-state index contributed by atoms with van der Waals surface area (Å²) >= 11 is 12.4. The summed E-state index contributed by atoms with van der Waals surface area (Å²) < 4.78 is 14.0. The molecule has 4 heterocycles. The van der Waals surface area contributed by atoms with Gasteiger partial charge >= 0.3 is 5.97 Å². The maximum absolute atomic E-state index is 11.6. The second-order valence-corrected chi connectivity index (χ2v) is 11.5. The van der Waals surface area contributed by atoms with Crippen molar-refractivity contribution in [1.82, 2.24) is 19.4 Å². The van der Waals surface area contributed by atoms with Crippen LogP contribution < -0.4 is 4.74 Å². The number of carboxylic acids is 1. The van der Waals surface area contributed by atoms with Gasteiger partial charge in [0, 0.05) is 58.3 Å². The fourth-order valence-electron chi connectivity index (χ4n) is 5.74. The molecule has 0 unspecified atom stereocenters. The number of hydrogen-bond acceptors (Lipinski definition) is 5. The number of halogens is 2. The van der Waals surface area contributed by atoms with Gasteiger partial charge in [0.05, 0.1) is 35.8 Å². The standard InChI is InChI=1S/C31H28Cl2N4O4/c32-20-3-1-19(25(33)12-20)17-41-21-4-6-26-23(13-21)24-15-36(9-7-27(24)34-26)16-30-35-28-5-2-18(31(38)39)11-29(28)37(30)14-22-8-10-40-22/h1-6,11-13,22,34H,7-10,14-17H2,(H,38,39)/t22-/m0/s1. The summed E-state index contributed by atoms with van der Waals surface area (Å²) in [5, 5.41) is 11.9. The van der Waals surface area contributed by atoms with Crippen molar-refractivity contribution in [2.75, 3.05) is 13.2 Å². The summed E-state index contributed by atoms with van der Waals surface area (Å²) in [5.41, 5.74) is 6.38. The Labute approximate surface area is 246 Å². The number of hydrogen-bond donors (Lipinski definition) is 2. The van der Waals surface area contributed by atoms with Crippen LogP contribution in [0.3, 0.4) is 0 Å². The average Bonchev–Trinajstić information content (AvgIpc) is 3.46. The van der Waals surface area contributed by atoms with Crippen molar-refractivity contribution in [2.24, 2.45) is 0 Å². The van der Waals surface area contributed by atoms with Crippen LogP contribution in [0.15, 0.2) is 54.6 Å². The minimum absolute atomic E-state index is 0.127. The zero-order valence-electron chi connectivity index (χ0n) is 22.2. The maximum Gasteiger partial charge on any atom is 0.335 e. The van der Waals surface area contributed by atoms with E-state index in [1.54, 1.807) is 24.3 Å². The number of aromatic carboxylic acids is 1. The Kier molecular flexibility index (Phi) is 6.87. The van der Waals surface area contributed by atoms with Crippen LogP contribution in [0.25, 0.3) is 21.9 Å². The largest absolute Gasteiger partial charge is 0.489 e. The molecule has 5 aromatic rings. The van der Waals surface area contributed by atoms with Crippen molar-refractivity contribution in [3.63, 3.8) is 0 Å². The summed E-state index contributed by atoms with van der Waals surface area (Å²) in [5.74, 6) is 0.757. The number of imidazole rings is 1. The molecule has 10 heteroatoms. The lowest BCUT2D eigenvalue weighted by Gasteiger charge is -2.29. The molecule has 8 nitrogen and oxygen atoms in total. The maximum atomic E-state index is 11.6. The predicted molar refractivity (Wildman–Crippen MR) is 158 cm³/mol. The molecule has 1 saturated heterocycles. The van der Waals surface area contributed by atoms with Gasteiger partial charge in [0.15, 0.2) is 0 Å². The molecular weight excluding hydrogens is 563 g/mol. The topological polar surface area (TPSA) is 92.6 Å². The normalized spacial score (nSPS) is 17.1.